The first-order valence-corrected chi connectivity index (χ1v) is 7.80. The molecule has 3 nitrogen and oxygen atoms in total. The van der Waals surface area contributed by atoms with Crippen LogP contribution in [0.1, 0.15) is 11.8 Å². The van der Waals surface area contributed by atoms with Crippen LogP contribution in [-0.2, 0) is 4.79 Å². The molecular weight excluding hydrogens is 338 g/mol. The second-order valence-electron chi connectivity index (χ2n) is 3.95. The van der Waals surface area contributed by atoms with Gasteiger partial charge in [0, 0.05) is 26.5 Å². The van der Waals surface area contributed by atoms with Gasteiger partial charge in [-0.2, -0.15) is 0 Å². The van der Waals surface area contributed by atoms with Gasteiger partial charge in [0.25, 0.3) is 0 Å². The molecule has 0 unspecified atom stereocenters. The van der Waals surface area contributed by atoms with Crippen molar-refractivity contribution < 1.29 is 9.53 Å². The minimum absolute atomic E-state index is 0.154. The van der Waals surface area contributed by atoms with Gasteiger partial charge in [0.2, 0.25) is 5.91 Å². The van der Waals surface area contributed by atoms with E-state index < -0.39 is 0 Å². The number of thiophene rings is 1. The van der Waals surface area contributed by atoms with Gasteiger partial charge in [0.15, 0.2) is 0 Å². The summed E-state index contributed by atoms with van der Waals surface area (Å²) in [5, 5.41) is 4.78. The lowest BCUT2D eigenvalue weighted by molar-refractivity contribution is -0.111. The van der Waals surface area contributed by atoms with E-state index in [0.29, 0.717) is 6.61 Å². The second kappa shape index (κ2) is 7.26. The molecule has 0 aliphatic carbocycles. The Bertz CT molecular complexity index is 605. The molecule has 20 heavy (non-hydrogen) atoms. The third kappa shape index (κ3) is 4.51. The Hall–Kier alpha value is -1.59. The summed E-state index contributed by atoms with van der Waals surface area (Å²) in [6.07, 6.45) is 3.31. The molecule has 0 aliphatic heterocycles. The number of hydrogen-bond acceptors (Lipinski definition) is 3. The van der Waals surface area contributed by atoms with E-state index >= 15 is 0 Å². The van der Waals surface area contributed by atoms with E-state index in [1.807, 2.05) is 42.6 Å². The first-order valence-electron chi connectivity index (χ1n) is 6.13. The van der Waals surface area contributed by atoms with Crippen molar-refractivity contribution in [3.63, 3.8) is 0 Å². The zero-order valence-corrected chi connectivity index (χ0v) is 13.3. The number of halogens is 1. The molecule has 0 aliphatic rings. The van der Waals surface area contributed by atoms with Gasteiger partial charge in [-0.1, -0.05) is 0 Å². The molecule has 0 atom stereocenters. The van der Waals surface area contributed by atoms with E-state index in [9.17, 15) is 4.79 Å². The molecule has 0 saturated carbocycles. The zero-order valence-electron chi connectivity index (χ0n) is 10.9. The molecule has 0 saturated heterocycles. The van der Waals surface area contributed by atoms with E-state index in [1.54, 1.807) is 17.4 Å². The summed E-state index contributed by atoms with van der Waals surface area (Å²) < 4.78 is 6.37. The molecule has 1 heterocycles. The number of rotatable bonds is 5. The summed E-state index contributed by atoms with van der Waals surface area (Å²) in [7, 11) is 0. The molecule has 104 valence electrons. The molecule has 0 spiro atoms. The quantitative estimate of drug-likeness (QED) is 0.801. The van der Waals surface area contributed by atoms with Crippen LogP contribution in [0.3, 0.4) is 0 Å². The normalized spacial score (nSPS) is 10.7. The molecule has 1 amide bonds. The van der Waals surface area contributed by atoms with Crippen LogP contribution in [0.4, 0.5) is 5.69 Å². The van der Waals surface area contributed by atoms with E-state index in [0.717, 1.165) is 20.8 Å². The third-order valence-electron chi connectivity index (χ3n) is 2.42. The Balaban J connectivity index is 1.92. The van der Waals surface area contributed by atoms with Crippen molar-refractivity contribution in [1.29, 1.82) is 0 Å². The highest BCUT2D eigenvalue weighted by Gasteiger charge is 1.99. The largest absolute Gasteiger partial charge is 0.494 e. The first kappa shape index (κ1) is 14.8. The predicted octanol–water partition coefficient (Wildman–Crippen LogP) is 4.56. The van der Waals surface area contributed by atoms with Crippen molar-refractivity contribution >= 4 is 44.9 Å². The van der Waals surface area contributed by atoms with Crippen LogP contribution in [0, 0.1) is 0 Å². The van der Waals surface area contributed by atoms with E-state index in [4.69, 9.17) is 4.74 Å². The van der Waals surface area contributed by atoms with Crippen LogP contribution in [0.2, 0.25) is 0 Å². The van der Waals surface area contributed by atoms with Crippen molar-refractivity contribution in [2.75, 3.05) is 11.9 Å². The minimum atomic E-state index is -0.154. The van der Waals surface area contributed by atoms with E-state index in [1.165, 1.54) is 6.08 Å². The molecule has 1 N–H and O–H groups in total. The van der Waals surface area contributed by atoms with Crippen LogP contribution in [0.25, 0.3) is 6.08 Å². The summed E-state index contributed by atoms with van der Waals surface area (Å²) in [5.74, 6) is 0.642. The molecule has 1 aromatic heterocycles. The fourth-order valence-electron chi connectivity index (χ4n) is 1.56. The molecule has 2 rings (SSSR count). The molecule has 1 aromatic carbocycles. The Morgan fingerprint density at radius 1 is 1.40 bits per heavy atom. The maximum Gasteiger partial charge on any atom is 0.248 e. The van der Waals surface area contributed by atoms with Crippen molar-refractivity contribution in [3.8, 4) is 5.75 Å². The monoisotopic (exact) mass is 351 g/mol. The van der Waals surface area contributed by atoms with Crippen molar-refractivity contribution in [1.82, 2.24) is 0 Å². The summed E-state index contributed by atoms with van der Waals surface area (Å²) >= 11 is 4.95. The van der Waals surface area contributed by atoms with Crippen molar-refractivity contribution in [2.24, 2.45) is 0 Å². The summed E-state index contributed by atoms with van der Waals surface area (Å²) in [4.78, 5) is 12.8. The second-order valence-corrected chi connectivity index (χ2v) is 5.81. The maximum absolute atomic E-state index is 11.8. The van der Waals surface area contributed by atoms with Gasteiger partial charge in [-0.25, -0.2) is 0 Å². The average Bonchev–Trinajstić information content (AvgIpc) is 2.85. The van der Waals surface area contributed by atoms with Crippen molar-refractivity contribution in [2.45, 2.75) is 6.92 Å². The highest BCUT2D eigenvalue weighted by molar-refractivity contribution is 9.10. The van der Waals surface area contributed by atoms with E-state index in [-0.39, 0.29) is 5.91 Å². The van der Waals surface area contributed by atoms with Crippen LogP contribution < -0.4 is 10.1 Å². The number of nitrogens with one attached hydrogen (secondary N) is 1. The Kier molecular flexibility index (Phi) is 5.38. The van der Waals surface area contributed by atoms with Gasteiger partial charge >= 0.3 is 0 Å². The molecular formula is C15H14BrNO2S. The summed E-state index contributed by atoms with van der Waals surface area (Å²) in [6, 6.07) is 9.26. The van der Waals surface area contributed by atoms with Gasteiger partial charge < -0.3 is 10.1 Å². The Labute approximate surface area is 130 Å². The smallest absolute Gasteiger partial charge is 0.248 e. The highest BCUT2D eigenvalue weighted by atomic mass is 79.9. The van der Waals surface area contributed by atoms with E-state index in [2.05, 4.69) is 21.2 Å². The number of carbonyl (C=O) groups is 1. The molecule has 0 fully saturated rings. The minimum Gasteiger partial charge on any atom is -0.494 e. The standard InChI is InChI=1S/C15H14BrNO2S/c1-2-19-13-5-3-12(4-6-13)17-15(18)8-7-14-9-11(16)10-20-14/h3-10H,2H2,1H3,(H,17,18). The van der Waals surface area contributed by atoms with Gasteiger partial charge in [-0.3, -0.25) is 4.79 Å². The third-order valence-corrected chi connectivity index (χ3v) is 4.08. The molecule has 5 heteroatoms. The molecule has 0 bridgehead atoms. The number of benzene rings is 1. The number of hydrogen-bond donors (Lipinski definition) is 1. The number of amides is 1. The fraction of sp³-hybridized carbons (Fsp3) is 0.133. The zero-order chi connectivity index (χ0) is 14.4. The highest BCUT2D eigenvalue weighted by Crippen LogP contribution is 2.21. The van der Waals surface area contributed by atoms with Crippen LogP contribution >= 0.6 is 27.3 Å². The van der Waals surface area contributed by atoms with Gasteiger partial charge in [-0.05, 0) is 59.3 Å². The summed E-state index contributed by atoms with van der Waals surface area (Å²) in [6.45, 7) is 2.56. The maximum atomic E-state index is 11.8. The van der Waals surface area contributed by atoms with Gasteiger partial charge in [0.05, 0.1) is 6.61 Å². The van der Waals surface area contributed by atoms with Gasteiger partial charge in [0.1, 0.15) is 5.75 Å². The molecule has 2 aromatic rings. The Morgan fingerprint density at radius 2 is 2.15 bits per heavy atom. The fourth-order valence-corrected chi connectivity index (χ4v) is 2.90. The first-order chi connectivity index (χ1) is 9.67. The number of carbonyl (C=O) groups excluding carboxylic acids is 1. The Morgan fingerprint density at radius 3 is 2.75 bits per heavy atom. The van der Waals surface area contributed by atoms with Crippen LogP contribution in [-0.4, -0.2) is 12.5 Å². The number of ether oxygens (including phenoxy) is 1. The SMILES string of the molecule is CCOc1ccc(NC(=O)C=Cc2cc(Br)cs2)cc1. The topological polar surface area (TPSA) is 38.3 Å². The lowest BCUT2D eigenvalue weighted by atomic mass is 10.3. The number of anilines is 1. The van der Waals surface area contributed by atoms with Crippen LogP contribution in [0.5, 0.6) is 5.75 Å². The predicted molar refractivity (Wildman–Crippen MR) is 87.3 cm³/mol. The van der Waals surface area contributed by atoms with Crippen molar-refractivity contribution in [3.05, 3.63) is 51.1 Å². The lowest BCUT2D eigenvalue weighted by Gasteiger charge is -2.05. The van der Waals surface area contributed by atoms with Gasteiger partial charge in [-0.15, -0.1) is 11.3 Å². The lowest BCUT2D eigenvalue weighted by Crippen LogP contribution is -2.07. The average molecular weight is 352 g/mol. The van der Waals surface area contributed by atoms with Crippen LogP contribution in [0.15, 0.2) is 46.3 Å². The molecule has 0 radical (unpaired) electrons. The summed E-state index contributed by atoms with van der Waals surface area (Å²) in [5.41, 5.74) is 0.746.